The van der Waals surface area contributed by atoms with Crippen molar-refractivity contribution in [2.75, 3.05) is 0 Å². The third-order valence-corrected chi connectivity index (χ3v) is 2.26. The molecule has 0 unspecified atom stereocenters. The van der Waals surface area contributed by atoms with Crippen molar-refractivity contribution in [1.29, 1.82) is 0 Å². The Hall–Kier alpha value is -1.90. The number of rotatable bonds is 3. The van der Waals surface area contributed by atoms with Crippen LogP contribution in [0.5, 0.6) is 5.75 Å². The number of carbonyl (C=O) groups excluding carboxylic acids is 1. The summed E-state index contributed by atoms with van der Waals surface area (Å²) in [5, 5.41) is 0.829. The number of aldehydes is 1. The highest BCUT2D eigenvalue weighted by Crippen LogP contribution is 2.26. The summed E-state index contributed by atoms with van der Waals surface area (Å²) < 4.78 is 5.65. The van der Waals surface area contributed by atoms with E-state index in [4.69, 9.17) is 4.74 Å². The van der Waals surface area contributed by atoms with E-state index in [0.29, 0.717) is 5.56 Å². The minimum atomic E-state index is 0.0901. The van der Waals surface area contributed by atoms with Crippen LogP contribution in [0.25, 0.3) is 10.9 Å². The monoisotopic (exact) mass is 215 g/mol. The molecule has 0 bridgehead atoms. The number of pyridine rings is 1. The van der Waals surface area contributed by atoms with Crippen molar-refractivity contribution < 1.29 is 9.53 Å². The maximum Gasteiger partial charge on any atom is 0.150 e. The largest absolute Gasteiger partial charge is 0.489 e. The van der Waals surface area contributed by atoms with Crippen LogP contribution in [0.4, 0.5) is 0 Å². The molecule has 3 nitrogen and oxygen atoms in total. The van der Waals surface area contributed by atoms with E-state index in [0.717, 1.165) is 22.9 Å². The van der Waals surface area contributed by atoms with Crippen molar-refractivity contribution in [3.63, 3.8) is 0 Å². The molecule has 0 spiro atoms. The van der Waals surface area contributed by atoms with Gasteiger partial charge in [0.05, 0.1) is 6.10 Å². The van der Waals surface area contributed by atoms with Gasteiger partial charge in [-0.25, -0.2) is 0 Å². The molecule has 3 heteroatoms. The molecule has 0 saturated carbocycles. The summed E-state index contributed by atoms with van der Waals surface area (Å²) in [5.41, 5.74) is 1.38. The van der Waals surface area contributed by atoms with Gasteiger partial charge in [-0.1, -0.05) is 6.07 Å². The van der Waals surface area contributed by atoms with Gasteiger partial charge in [-0.2, -0.15) is 0 Å². The first-order chi connectivity index (χ1) is 7.72. The van der Waals surface area contributed by atoms with E-state index in [1.54, 1.807) is 18.3 Å². The highest BCUT2D eigenvalue weighted by atomic mass is 16.5. The van der Waals surface area contributed by atoms with Crippen molar-refractivity contribution in [2.24, 2.45) is 0 Å². The second-order valence-corrected chi connectivity index (χ2v) is 3.84. The number of nitrogens with zero attached hydrogens (tertiary/aromatic N) is 1. The molecule has 0 amide bonds. The first-order valence-corrected chi connectivity index (χ1v) is 5.22. The van der Waals surface area contributed by atoms with Crippen LogP contribution < -0.4 is 4.74 Å². The molecule has 0 aliphatic rings. The van der Waals surface area contributed by atoms with Crippen LogP contribution in [0.3, 0.4) is 0 Å². The van der Waals surface area contributed by atoms with Crippen molar-refractivity contribution in [2.45, 2.75) is 20.0 Å². The Kier molecular flexibility index (Phi) is 2.86. The Morgan fingerprint density at radius 2 is 2.12 bits per heavy atom. The lowest BCUT2D eigenvalue weighted by Crippen LogP contribution is -2.06. The minimum Gasteiger partial charge on any atom is -0.489 e. The van der Waals surface area contributed by atoms with E-state index < -0.39 is 0 Å². The van der Waals surface area contributed by atoms with Gasteiger partial charge in [-0.3, -0.25) is 9.78 Å². The molecule has 0 saturated heterocycles. The molecule has 0 radical (unpaired) electrons. The molecule has 2 rings (SSSR count). The zero-order valence-corrected chi connectivity index (χ0v) is 9.31. The summed E-state index contributed by atoms with van der Waals surface area (Å²) in [7, 11) is 0. The number of carbonyl (C=O) groups is 1. The molecule has 16 heavy (non-hydrogen) atoms. The van der Waals surface area contributed by atoms with Crippen LogP contribution in [0.1, 0.15) is 24.2 Å². The molecule has 82 valence electrons. The van der Waals surface area contributed by atoms with E-state index in [2.05, 4.69) is 4.98 Å². The third kappa shape index (κ3) is 1.89. The van der Waals surface area contributed by atoms with Gasteiger partial charge >= 0.3 is 0 Å². The molecule has 1 aromatic carbocycles. The summed E-state index contributed by atoms with van der Waals surface area (Å²) in [6.45, 7) is 3.92. The Labute approximate surface area is 94.1 Å². The molecule has 2 aromatic rings. The van der Waals surface area contributed by atoms with Gasteiger partial charge in [0, 0.05) is 17.1 Å². The average Bonchev–Trinajstić information content (AvgIpc) is 2.29. The summed E-state index contributed by atoms with van der Waals surface area (Å²) in [6.07, 6.45) is 2.63. The predicted octanol–water partition coefficient (Wildman–Crippen LogP) is 2.83. The second kappa shape index (κ2) is 4.31. The molecule has 0 atom stereocenters. The van der Waals surface area contributed by atoms with E-state index in [1.165, 1.54) is 0 Å². The summed E-state index contributed by atoms with van der Waals surface area (Å²) in [6, 6.07) is 7.24. The maximum atomic E-state index is 10.9. The van der Waals surface area contributed by atoms with Crippen LogP contribution >= 0.6 is 0 Å². The van der Waals surface area contributed by atoms with Crippen LogP contribution in [0.15, 0.2) is 30.5 Å². The highest BCUT2D eigenvalue weighted by molar-refractivity contribution is 5.98. The molecule has 1 heterocycles. The molecule has 0 aliphatic heterocycles. The van der Waals surface area contributed by atoms with Gasteiger partial charge in [0.25, 0.3) is 0 Å². The smallest absolute Gasteiger partial charge is 0.150 e. The number of hydrogen-bond acceptors (Lipinski definition) is 3. The molecular formula is C13H13NO2. The van der Waals surface area contributed by atoms with Crippen LogP contribution in [-0.4, -0.2) is 17.4 Å². The Balaban J connectivity index is 2.64. The number of ether oxygens (including phenoxy) is 1. The van der Waals surface area contributed by atoms with Crippen molar-refractivity contribution in [3.8, 4) is 5.75 Å². The van der Waals surface area contributed by atoms with Crippen LogP contribution in [0.2, 0.25) is 0 Å². The minimum absolute atomic E-state index is 0.0901. The lowest BCUT2D eigenvalue weighted by molar-refractivity contribution is 0.112. The van der Waals surface area contributed by atoms with Gasteiger partial charge in [0.15, 0.2) is 6.29 Å². The zero-order chi connectivity index (χ0) is 11.5. The molecular weight excluding hydrogens is 202 g/mol. The van der Waals surface area contributed by atoms with E-state index >= 15 is 0 Å². The van der Waals surface area contributed by atoms with Crippen molar-refractivity contribution >= 4 is 17.2 Å². The Bertz CT molecular complexity index is 520. The number of aromatic nitrogens is 1. The predicted molar refractivity (Wildman–Crippen MR) is 62.9 cm³/mol. The first kappa shape index (κ1) is 10.6. The molecule has 0 aliphatic carbocycles. The lowest BCUT2D eigenvalue weighted by Gasteiger charge is -2.12. The fraction of sp³-hybridized carbons (Fsp3) is 0.231. The van der Waals surface area contributed by atoms with Crippen molar-refractivity contribution in [1.82, 2.24) is 4.98 Å². The van der Waals surface area contributed by atoms with E-state index in [-0.39, 0.29) is 6.10 Å². The topological polar surface area (TPSA) is 39.2 Å². The van der Waals surface area contributed by atoms with Crippen LogP contribution in [0, 0.1) is 0 Å². The summed E-state index contributed by atoms with van der Waals surface area (Å²) in [5.74, 6) is 0.719. The zero-order valence-electron chi connectivity index (χ0n) is 9.31. The molecule has 1 aromatic heterocycles. The fourth-order valence-corrected chi connectivity index (χ4v) is 1.62. The van der Waals surface area contributed by atoms with Gasteiger partial charge < -0.3 is 4.74 Å². The molecule has 0 fully saturated rings. The average molecular weight is 215 g/mol. The maximum absolute atomic E-state index is 10.9. The number of fused-ring (bicyclic) bond motifs is 1. The Morgan fingerprint density at radius 3 is 2.81 bits per heavy atom. The van der Waals surface area contributed by atoms with E-state index in [9.17, 15) is 4.79 Å². The fourth-order valence-electron chi connectivity index (χ4n) is 1.62. The van der Waals surface area contributed by atoms with Gasteiger partial charge in [0.1, 0.15) is 11.3 Å². The third-order valence-electron chi connectivity index (χ3n) is 2.26. The summed E-state index contributed by atoms with van der Waals surface area (Å²) >= 11 is 0. The van der Waals surface area contributed by atoms with Crippen molar-refractivity contribution in [3.05, 3.63) is 36.0 Å². The SMILES string of the molecule is CC(C)Oc1ccc(C=O)c2cccnc12. The lowest BCUT2D eigenvalue weighted by atomic mass is 10.1. The van der Waals surface area contributed by atoms with Gasteiger partial charge in [-0.05, 0) is 32.0 Å². The Morgan fingerprint density at radius 1 is 1.31 bits per heavy atom. The highest BCUT2D eigenvalue weighted by Gasteiger charge is 2.08. The molecule has 0 N–H and O–H groups in total. The first-order valence-electron chi connectivity index (χ1n) is 5.22. The quantitative estimate of drug-likeness (QED) is 0.739. The van der Waals surface area contributed by atoms with E-state index in [1.807, 2.05) is 26.0 Å². The summed E-state index contributed by atoms with van der Waals surface area (Å²) in [4.78, 5) is 15.1. The van der Waals surface area contributed by atoms with Crippen LogP contribution in [-0.2, 0) is 0 Å². The second-order valence-electron chi connectivity index (χ2n) is 3.84. The number of benzene rings is 1. The van der Waals surface area contributed by atoms with Gasteiger partial charge in [-0.15, -0.1) is 0 Å². The standard InChI is InChI=1S/C13H13NO2/c1-9(2)16-12-6-5-10(8-15)11-4-3-7-14-13(11)12/h3-9H,1-2H3. The van der Waals surface area contributed by atoms with Gasteiger partial charge in [0.2, 0.25) is 0 Å². The number of hydrogen-bond donors (Lipinski definition) is 0. The normalized spacial score (nSPS) is 10.7.